The Morgan fingerprint density at radius 1 is 0.402 bits per heavy atom. The van der Waals surface area contributed by atoms with Crippen molar-refractivity contribution < 1.29 is 47.9 Å². The number of fused-ring (bicyclic) bond motifs is 2. The molecule has 3 aliphatic rings. The van der Waals surface area contributed by atoms with Crippen LogP contribution >= 0.6 is 0 Å². The number of benzene rings is 2. The van der Waals surface area contributed by atoms with Gasteiger partial charge in [-0.15, -0.1) is 0 Å². The minimum atomic E-state index is -1.19. The highest BCUT2D eigenvalue weighted by molar-refractivity contribution is 6.00. The van der Waals surface area contributed by atoms with Crippen molar-refractivity contribution in [2.24, 2.45) is 23.7 Å². The van der Waals surface area contributed by atoms with E-state index in [0.29, 0.717) is 38.5 Å². The van der Waals surface area contributed by atoms with E-state index in [0.717, 1.165) is 11.1 Å². The lowest BCUT2D eigenvalue weighted by molar-refractivity contribution is -0.143. The van der Waals surface area contributed by atoms with Crippen molar-refractivity contribution in [1.82, 2.24) is 52.3 Å². The summed E-state index contributed by atoms with van der Waals surface area (Å²) in [5, 5.41) is 23.2. The molecule has 0 radical (unpaired) electrons. The predicted molar refractivity (Wildman–Crippen MR) is 313 cm³/mol. The summed E-state index contributed by atoms with van der Waals surface area (Å²) in [6.45, 7) is 18.8. The second-order valence-electron chi connectivity index (χ2n) is 24.1. The number of nitrogens with one attached hydrogen (secondary N) is 8. The molecule has 10 atom stereocenters. The number of hydrogen-bond acceptors (Lipinski definition) is 10. The summed E-state index contributed by atoms with van der Waals surface area (Å²) in [6, 6.07) is 6.88. The summed E-state index contributed by atoms with van der Waals surface area (Å²) in [7, 11) is 0. The first-order valence-corrected chi connectivity index (χ1v) is 30.1. The van der Waals surface area contributed by atoms with Crippen molar-refractivity contribution in [2.75, 3.05) is 13.1 Å². The second kappa shape index (κ2) is 32.1. The van der Waals surface area contributed by atoms with E-state index in [-0.39, 0.29) is 76.3 Å². The predicted octanol–water partition coefficient (Wildman–Crippen LogP) is 4.13. The number of rotatable bonds is 16. The van der Waals surface area contributed by atoms with Crippen LogP contribution in [0.15, 0.2) is 60.7 Å². The maximum atomic E-state index is 14.9. The van der Waals surface area contributed by atoms with Crippen molar-refractivity contribution in [3.05, 3.63) is 71.8 Å². The molecule has 0 saturated carbocycles. The molecule has 3 saturated heterocycles. The Morgan fingerprint density at radius 2 is 0.720 bits per heavy atom. The SMILES string of the molecule is CCCC[C@@H]1NC(=O)[C@H](C(C)C)NC(=O)[C@@H]2CCCN2C(=O)[C@@H](Cc2ccccc2)NC(=O)[C@H](CC(C)C)NC(=O)[C@H](CCCC)NC(=O)[C@H](C(C)C)NC(=O)[C@@H]2CCCN2C(=O)[C@@H](Cc2ccccc2)NC(=O)[C@H](CC(C)C)NC1=O. The van der Waals surface area contributed by atoms with Crippen LogP contribution in [0.5, 0.6) is 0 Å². The quantitative estimate of drug-likeness (QED) is 0.119. The molecule has 82 heavy (non-hydrogen) atoms. The smallest absolute Gasteiger partial charge is 0.246 e. The lowest BCUT2D eigenvalue weighted by atomic mass is 9.98. The summed E-state index contributed by atoms with van der Waals surface area (Å²) >= 11 is 0. The van der Waals surface area contributed by atoms with Gasteiger partial charge in [-0.2, -0.15) is 0 Å². The largest absolute Gasteiger partial charge is 0.343 e. The van der Waals surface area contributed by atoms with Crippen LogP contribution < -0.4 is 42.5 Å². The normalized spacial score (nSPS) is 26.6. The Kier molecular flexibility index (Phi) is 25.8. The molecule has 3 fully saturated rings. The van der Waals surface area contributed by atoms with Gasteiger partial charge in [0.1, 0.15) is 60.4 Å². The van der Waals surface area contributed by atoms with Gasteiger partial charge in [-0.1, -0.05) is 156 Å². The van der Waals surface area contributed by atoms with Gasteiger partial charge < -0.3 is 52.3 Å². The van der Waals surface area contributed by atoms with Crippen molar-refractivity contribution in [3.8, 4) is 0 Å². The molecule has 2 aromatic rings. The fourth-order valence-electron chi connectivity index (χ4n) is 11.0. The molecule has 3 aliphatic heterocycles. The molecule has 0 unspecified atom stereocenters. The molecule has 8 N–H and O–H groups in total. The number of amides is 10. The lowest BCUT2D eigenvalue weighted by Crippen LogP contribution is -2.62. The lowest BCUT2D eigenvalue weighted by Gasteiger charge is -2.33. The summed E-state index contributed by atoms with van der Waals surface area (Å²) in [5.41, 5.74) is 1.46. The Bertz CT molecular complexity index is 2320. The van der Waals surface area contributed by atoms with Gasteiger partial charge in [0.15, 0.2) is 0 Å². The van der Waals surface area contributed by atoms with E-state index in [9.17, 15) is 47.9 Å². The molecule has 20 heteroatoms. The van der Waals surface area contributed by atoms with Crippen LogP contribution in [-0.2, 0) is 60.8 Å². The number of nitrogens with zero attached hydrogens (tertiary/aromatic N) is 2. The van der Waals surface area contributed by atoms with Crippen LogP contribution in [-0.4, -0.2) is 142 Å². The van der Waals surface area contributed by atoms with E-state index in [4.69, 9.17) is 0 Å². The van der Waals surface area contributed by atoms with Crippen LogP contribution in [0.3, 0.4) is 0 Å². The second-order valence-corrected chi connectivity index (χ2v) is 24.1. The molecule has 2 aromatic carbocycles. The molecule has 20 nitrogen and oxygen atoms in total. The van der Waals surface area contributed by atoms with E-state index in [2.05, 4.69) is 42.5 Å². The Hall–Kier alpha value is -6.86. The average Bonchev–Trinajstić information content (AvgIpc) is 4.30. The van der Waals surface area contributed by atoms with Crippen molar-refractivity contribution in [3.63, 3.8) is 0 Å². The van der Waals surface area contributed by atoms with Crippen LogP contribution in [0.4, 0.5) is 0 Å². The zero-order valence-electron chi connectivity index (χ0n) is 50.1. The fraction of sp³-hybridized carbons (Fsp3) is 0.645. The maximum Gasteiger partial charge on any atom is 0.246 e. The summed E-state index contributed by atoms with van der Waals surface area (Å²) in [5.74, 6) is -7.25. The topological polar surface area (TPSA) is 273 Å². The molecular weight excluding hydrogens is 1040 g/mol. The first-order chi connectivity index (χ1) is 39.0. The summed E-state index contributed by atoms with van der Waals surface area (Å²) in [6.07, 6.45) is 4.71. The monoisotopic (exact) mass is 1140 g/mol. The fourth-order valence-corrected chi connectivity index (χ4v) is 11.0. The van der Waals surface area contributed by atoms with Crippen molar-refractivity contribution in [1.29, 1.82) is 0 Å². The first-order valence-electron chi connectivity index (χ1n) is 30.1. The first kappa shape index (κ1) is 65.9. The van der Waals surface area contributed by atoms with E-state index in [1.165, 1.54) is 9.80 Å². The van der Waals surface area contributed by atoms with Gasteiger partial charge in [0, 0.05) is 25.9 Å². The van der Waals surface area contributed by atoms with Crippen LogP contribution in [0, 0.1) is 23.7 Å². The number of unbranched alkanes of at least 4 members (excludes halogenated alkanes) is 2. The van der Waals surface area contributed by atoms with E-state index in [1.807, 2.05) is 102 Å². The molecule has 0 bridgehead atoms. The highest BCUT2D eigenvalue weighted by atomic mass is 16.2. The highest BCUT2D eigenvalue weighted by Crippen LogP contribution is 2.24. The molecule has 0 aromatic heterocycles. The number of carbonyl (C=O) groups excluding carboxylic acids is 10. The maximum absolute atomic E-state index is 14.9. The van der Waals surface area contributed by atoms with E-state index in [1.54, 1.807) is 27.7 Å². The Balaban J connectivity index is 1.58. The molecule has 5 rings (SSSR count). The standard InChI is InChI=1S/C62H94N10O10/c1-11-13-27-43-53(73)65-45(33-37(3)4)55(75)67-47(35-41-23-17-15-18-24-41)61(81)72-32-22-30-50(72)58(78)70-52(40(9)10)60(80)64-44(28-14-12-2)54(74)66-46(34-38(5)6)56(76)68-48(36-42-25-19-16-20-26-42)62(82)71-31-21-29-49(71)57(77)69-51(39(7)8)59(79)63-43/h15-20,23-26,37-40,43-52H,11-14,21-22,27-36H2,1-10H3,(H,63,79)(H,64,80)(H,65,73)(H,66,74)(H,67,75)(H,68,76)(H,69,77)(H,70,78)/t43-,44-,45-,46-,47+,48+,49-,50-,51-,52-/m0/s1. The van der Waals surface area contributed by atoms with Gasteiger partial charge in [-0.05, 0) is 86.2 Å². The highest BCUT2D eigenvalue weighted by Gasteiger charge is 2.43. The molecule has 3 heterocycles. The third kappa shape index (κ3) is 19.1. The van der Waals surface area contributed by atoms with Gasteiger partial charge in [0.05, 0.1) is 0 Å². The molecular formula is C62H94N10O10. The van der Waals surface area contributed by atoms with Crippen molar-refractivity contribution in [2.45, 2.75) is 220 Å². The van der Waals surface area contributed by atoms with Crippen molar-refractivity contribution >= 4 is 59.1 Å². The van der Waals surface area contributed by atoms with Gasteiger partial charge in [-0.25, -0.2) is 0 Å². The minimum absolute atomic E-state index is 0.0507. The number of hydrogen-bond donors (Lipinski definition) is 8. The third-order valence-corrected chi connectivity index (χ3v) is 15.6. The van der Waals surface area contributed by atoms with Gasteiger partial charge >= 0.3 is 0 Å². The van der Waals surface area contributed by atoms with E-state index >= 15 is 0 Å². The van der Waals surface area contributed by atoms with Gasteiger partial charge in [-0.3, -0.25) is 47.9 Å². The summed E-state index contributed by atoms with van der Waals surface area (Å²) < 4.78 is 0. The zero-order valence-corrected chi connectivity index (χ0v) is 50.1. The van der Waals surface area contributed by atoms with Gasteiger partial charge in [0.2, 0.25) is 59.1 Å². The van der Waals surface area contributed by atoms with Crippen LogP contribution in [0.2, 0.25) is 0 Å². The van der Waals surface area contributed by atoms with Crippen LogP contribution in [0.25, 0.3) is 0 Å². The minimum Gasteiger partial charge on any atom is -0.343 e. The Morgan fingerprint density at radius 3 is 1.04 bits per heavy atom. The Labute approximate surface area is 485 Å². The van der Waals surface area contributed by atoms with Gasteiger partial charge in [0.25, 0.3) is 0 Å². The molecule has 452 valence electrons. The molecule has 10 amide bonds. The number of carbonyl (C=O) groups is 10. The molecule has 0 spiro atoms. The van der Waals surface area contributed by atoms with Crippen LogP contribution in [0.1, 0.15) is 157 Å². The zero-order chi connectivity index (χ0) is 60.2. The molecule has 0 aliphatic carbocycles. The average molecular weight is 1140 g/mol. The van der Waals surface area contributed by atoms with E-state index < -0.39 is 131 Å². The summed E-state index contributed by atoms with van der Waals surface area (Å²) in [4.78, 5) is 149. The third-order valence-electron chi connectivity index (χ3n) is 15.6.